The van der Waals surface area contributed by atoms with Crippen molar-refractivity contribution >= 4 is 28.5 Å². The molecule has 0 saturated heterocycles. The maximum Gasteiger partial charge on any atom is 0.220 e. The Morgan fingerprint density at radius 1 is 1.36 bits per heavy atom. The normalized spacial score (nSPS) is 21.5. The van der Waals surface area contributed by atoms with Gasteiger partial charge in [-0.3, -0.25) is 4.99 Å². The lowest BCUT2D eigenvalue weighted by molar-refractivity contribution is 0.482. The van der Waals surface area contributed by atoms with Gasteiger partial charge in [-0.15, -0.1) is 0 Å². The number of thioether (sulfide) groups is 1. The molecule has 1 aliphatic heterocycles. The van der Waals surface area contributed by atoms with Crippen LogP contribution in [0.1, 0.15) is 18.9 Å². The Bertz CT molecular complexity index is 750. The summed E-state index contributed by atoms with van der Waals surface area (Å²) >= 11 is 7.49. The summed E-state index contributed by atoms with van der Waals surface area (Å²) in [5.41, 5.74) is 7.62. The van der Waals surface area contributed by atoms with Crippen molar-refractivity contribution in [1.82, 2.24) is 4.98 Å². The first-order valence-corrected chi connectivity index (χ1v) is 8.24. The summed E-state index contributed by atoms with van der Waals surface area (Å²) < 4.78 is 14.0. The van der Waals surface area contributed by atoms with Crippen LogP contribution in [0.15, 0.2) is 41.5 Å². The van der Waals surface area contributed by atoms with Crippen molar-refractivity contribution in [3.05, 3.63) is 53.1 Å². The molecule has 0 saturated carbocycles. The van der Waals surface area contributed by atoms with Crippen molar-refractivity contribution in [2.75, 3.05) is 5.75 Å². The predicted octanol–water partition coefficient (Wildman–Crippen LogP) is 4.21. The number of rotatable bonds is 2. The number of aliphatic imine (C=N–C) groups is 1. The second-order valence-corrected chi connectivity index (χ2v) is 6.95. The van der Waals surface area contributed by atoms with Gasteiger partial charge in [0.15, 0.2) is 5.17 Å². The molecule has 0 fully saturated rings. The monoisotopic (exact) mass is 335 g/mol. The van der Waals surface area contributed by atoms with Gasteiger partial charge in [0.05, 0.1) is 10.6 Å². The van der Waals surface area contributed by atoms with Gasteiger partial charge in [-0.2, -0.15) is 4.39 Å². The Hall–Kier alpha value is -1.59. The maximum atomic E-state index is 14.0. The molecule has 3 rings (SSSR count). The number of nitrogens with two attached hydrogens (primary N) is 1. The molecule has 22 heavy (non-hydrogen) atoms. The van der Waals surface area contributed by atoms with Crippen LogP contribution in [0.4, 0.5) is 4.39 Å². The number of hydrogen-bond acceptors (Lipinski definition) is 4. The molecule has 0 amide bonds. The van der Waals surface area contributed by atoms with Crippen LogP contribution in [0.2, 0.25) is 5.02 Å². The third-order valence-electron chi connectivity index (χ3n) is 3.80. The standard InChI is InChI=1S/C16H15ClFN3S/c1-16(5-6-22-15(19)21-16)11-4-2-3-10(7-11)13-8-12(17)9-20-14(13)18/h2-4,7-9H,5-6H2,1H3,(H2,19,21). The maximum absolute atomic E-state index is 14.0. The van der Waals surface area contributed by atoms with Gasteiger partial charge in [0.2, 0.25) is 5.95 Å². The third-order valence-corrected chi connectivity index (χ3v) is 4.80. The first-order chi connectivity index (χ1) is 10.5. The summed E-state index contributed by atoms with van der Waals surface area (Å²) in [7, 11) is 0. The summed E-state index contributed by atoms with van der Waals surface area (Å²) in [4.78, 5) is 8.26. The molecule has 114 valence electrons. The number of aromatic nitrogens is 1. The van der Waals surface area contributed by atoms with E-state index in [1.807, 2.05) is 31.2 Å². The van der Waals surface area contributed by atoms with E-state index in [-0.39, 0.29) is 5.54 Å². The van der Waals surface area contributed by atoms with Gasteiger partial charge in [0.1, 0.15) is 0 Å². The highest BCUT2D eigenvalue weighted by Gasteiger charge is 2.29. The van der Waals surface area contributed by atoms with Gasteiger partial charge in [0, 0.05) is 17.5 Å². The van der Waals surface area contributed by atoms with Crippen molar-refractivity contribution in [3.63, 3.8) is 0 Å². The fourth-order valence-corrected chi connectivity index (χ4v) is 3.67. The summed E-state index contributed by atoms with van der Waals surface area (Å²) in [5.74, 6) is 0.386. The number of amidine groups is 1. The minimum absolute atomic E-state index is 0.381. The molecule has 6 heteroatoms. The Morgan fingerprint density at radius 2 is 2.18 bits per heavy atom. The minimum atomic E-state index is -0.533. The van der Waals surface area contributed by atoms with Gasteiger partial charge < -0.3 is 5.73 Å². The number of benzene rings is 1. The average molecular weight is 336 g/mol. The summed E-state index contributed by atoms with van der Waals surface area (Å²) in [6.45, 7) is 2.05. The second kappa shape index (κ2) is 5.89. The van der Waals surface area contributed by atoms with E-state index in [9.17, 15) is 4.39 Å². The van der Waals surface area contributed by atoms with E-state index in [2.05, 4.69) is 9.98 Å². The minimum Gasteiger partial charge on any atom is -0.379 e. The molecule has 0 aliphatic carbocycles. The summed E-state index contributed by atoms with van der Waals surface area (Å²) in [5, 5.41) is 0.999. The second-order valence-electron chi connectivity index (χ2n) is 5.40. The van der Waals surface area contributed by atoms with Crippen LogP contribution in [0.5, 0.6) is 0 Å². The molecule has 1 unspecified atom stereocenters. The zero-order valence-corrected chi connectivity index (χ0v) is 13.6. The zero-order chi connectivity index (χ0) is 15.7. The molecule has 1 aliphatic rings. The average Bonchev–Trinajstić information content (AvgIpc) is 2.50. The van der Waals surface area contributed by atoms with E-state index in [4.69, 9.17) is 17.3 Å². The van der Waals surface area contributed by atoms with E-state index in [1.54, 1.807) is 17.8 Å². The highest BCUT2D eigenvalue weighted by atomic mass is 35.5. The van der Waals surface area contributed by atoms with Crippen molar-refractivity contribution in [1.29, 1.82) is 0 Å². The van der Waals surface area contributed by atoms with Crippen LogP contribution in [0, 0.1) is 5.95 Å². The lowest BCUT2D eigenvalue weighted by Crippen LogP contribution is -2.28. The van der Waals surface area contributed by atoms with Crippen molar-refractivity contribution in [2.24, 2.45) is 10.7 Å². The lowest BCUT2D eigenvalue weighted by Gasteiger charge is -2.30. The number of pyridine rings is 1. The van der Waals surface area contributed by atoms with Crippen LogP contribution >= 0.6 is 23.4 Å². The molecule has 1 aromatic heterocycles. The Balaban J connectivity index is 2.07. The topological polar surface area (TPSA) is 51.3 Å². The number of nitrogens with zero attached hydrogens (tertiary/aromatic N) is 2. The quantitative estimate of drug-likeness (QED) is 0.836. The first kappa shape index (κ1) is 15.3. The molecule has 3 nitrogen and oxygen atoms in total. The molecule has 2 aromatic rings. The first-order valence-electron chi connectivity index (χ1n) is 6.88. The van der Waals surface area contributed by atoms with Crippen LogP contribution in [0.3, 0.4) is 0 Å². The highest BCUT2D eigenvalue weighted by Crippen LogP contribution is 2.37. The zero-order valence-electron chi connectivity index (χ0n) is 12.0. The molecule has 1 atom stereocenters. The van der Waals surface area contributed by atoms with E-state index >= 15 is 0 Å². The summed E-state index contributed by atoms with van der Waals surface area (Å²) in [6, 6.07) is 9.24. The van der Waals surface area contributed by atoms with E-state index in [0.29, 0.717) is 15.8 Å². The van der Waals surface area contributed by atoms with Gasteiger partial charge in [-0.25, -0.2) is 4.98 Å². The Kier molecular flexibility index (Phi) is 4.10. The van der Waals surface area contributed by atoms with Crippen LogP contribution in [-0.4, -0.2) is 15.9 Å². The van der Waals surface area contributed by atoms with Gasteiger partial charge in [-0.1, -0.05) is 41.6 Å². The Labute approximate surface area is 137 Å². The largest absolute Gasteiger partial charge is 0.379 e. The van der Waals surface area contributed by atoms with E-state index in [0.717, 1.165) is 23.3 Å². The highest BCUT2D eigenvalue weighted by molar-refractivity contribution is 8.13. The van der Waals surface area contributed by atoms with Crippen molar-refractivity contribution in [2.45, 2.75) is 18.9 Å². The molecule has 2 heterocycles. The van der Waals surface area contributed by atoms with Crippen LogP contribution in [0.25, 0.3) is 11.1 Å². The van der Waals surface area contributed by atoms with Gasteiger partial charge in [0.25, 0.3) is 0 Å². The molecule has 0 bridgehead atoms. The fourth-order valence-electron chi connectivity index (χ4n) is 2.54. The number of hydrogen-bond donors (Lipinski definition) is 1. The Morgan fingerprint density at radius 3 is 2.95 bits per heavy atom. The predicted molar refractivity (Wildman–Crippen MR) is 90.7 cm³/mol. The van der Waals surface area contributed by atoms with Crippen molar-refractivity contribution in [3.8, 4) is 11.1 Å². The molecule has 0 radical (unpaired) electrons. The lowest BCUT2D eigenvalue weighted by atomic mass is 9.88. The molecule has 2 N–H and O–H groups in total. The van der Waals surface area contributed by atoms with Crippen molar-refractivity contribution < 1.29 is 4.39 Å². The van der Waals surface area contributed by atoms with E-state index < -0.39 is 5.95 Å². The third kappa shape index (κ3) is 2.96. The SMILES string of the molecule is CC1(c2cccc(-c3cc(Cl)cnc3F)c2)CCSC(N)=N1. The van der Waals surface area contributed by atoms with E-state index in [1.165, 1.54) is 6.20 Å². The van der Waals surface area contributed by atoms with Gasteiger partial charge in [-0.05, 0) is 36.6 Å². The molecule has 0 spiro atoms. The van der Waals surface area contributed by atoms with Crippen LogP contribution < -0.4 is 5.73 Å². The molecular weight excluding hydrogens is 321 g/mol. The van der Waals surface area contributed by atoms with Crippen LogP contribution in [-0.2, 0) is 5.54 Å². The number of halogens is 2. The van der Waals surface area contributed by atoms with Gasteiger partial charge >= 0.3 is 0 Å². The molecular formula is C16H15ClFN3S. The smallest absolute Gasteiger partial charge is 0.220 e. The summed E-state index contributed by atoms with van der Waals surface area (Å²) in [6.07, 6.45) is 2.19. The fraction of sp³-hybridized carbons (Fsp3) is 0.250. The molecule has 1 aromatic carbocycles.